The highest BCUT2D eigenvalue weighted by atomic mass is 19.1. The molecule has 0 unspecified atom stereocenters. The largest absolute Gasteiger partial charge is 0.474 e. The van der Waals surface area contributed by atoms with Gasteiger partial charge in [0.05, 0.1) is 6.20 Å². The summed E-state index contributed by atoms with van der Waals surface area (Å²) in [6.45, 7) is 0.257. The maximum atomic E-state index is 13.0. The number of pyridine rings is 1. The van der Waals surface area contributed by atoms with Gasteiger partial charge in [-0.3, -0.25) is 0 Å². The van der Waals surface area contributed by atoms with E-state index >= 15 is 0 Å². The van der Waals surface area contributed by atoms with E-state index in [0.29, 0.717) is 11.4 Å². The third-order valence-corrected chi connectivity index (χ3v) is 3.19. The van der Waals surface area contributed by atoms with E-state index in [9.17, 15) is 4.39 Å². The molecule has 17 heavy (non-hydrogen) atoms. The Kier molecular flexibility index (Phi) is 4.31. The molecule has 0 aliphatic heterocycles. The fourth-order valence-corrected chi connectivity index (χ4v) is 2.24. The van der Waals surface area contributed by atoms with Crippen LogP contribution in [0.1, 0.15) is 44.1 Å². The molecule has 1 aromatic heterocycles. The van der Waals surface area contributed by atoms with Gasteiger partial charge in [0.15, 0.2) is 0 Å². The predicted octanol–water partition coefficient (Wildman–Crippen LogP) is 2.78. The maximum absolute atomic E-state index is 13.0. The first-order chi connectivity index (χ1) is 8.29. The molecule has 3 nitrogen and oxygen atoms in total. The zero-order valence-electron chi connectivity index (χ0n) is 9.99. The van der Waals surface area contributed by atoms with E-state index in [1.54, 1.807) is 0 Å². The van der Waals surface area contributed by atoms with Crippen LogP contribution in [0.15, 0.2) is 12.3 Å². The lowest BCUT2D eigenvalue weighted by molar-refractivity contribution is 0.174. The topological polar surface area (TPSA) is 48.1 Å². The zero-order valence-corrected chi connectivity index (χ0v) is 9.99. The van der Waals surface area contributed by atoms with E-state index in [-0.39, 0.29) is 18.5 Å². The van der Waals surface area contributed by atoms with Crippen LogP contribution in [0, 0.1) is 5.82 Å². The number of nitrogens with zero attached hydrogens (tertiary/aromatic N) is 1. The minimum absolute atomic E-state index is 0.209. The van der Waals surface area contributed by atoms with Crippen LogP contribution in [0.4, 0.5) is 4.39 Å². The molecule has 1 aliphatic rings. The van der Waals surface area contributed by atoms with Crippen LogP contribution in [0.2, 0.25) is 0 Å². The Bertz CT molecular complexity index is 362. The number of halogens is 1. The molecule has 0 saturated heterocycles. The molecule has 2 N–H and O–H groups in total. The lowest BCUT2D eigenvalue weighted by Crippen LogP contribution is -2.17. The Balaban J connectivity index is 2.06. The minimum Gasteiger partial charge on any atom is -0.474 e. The summed E-state index contributed by atoms with van der Waals surface area (Å²) in [4.78, 5) is 4.00. The number of hydrogen-bond acceptors (Lipinski definition) is 3. The summed E-state index contributed by atoms with van der Waals surface area (Å²) in [5.74, 6) is 0.138. The molecule has 1 fully saturated rings. The molecule has 2 rings (SSSR count). The molecular weight excluding hydrogens is 219 g/mol. The third kappa shape index (κ3) is 3.40. The molecule has 1 aliphatic carbocycles. The number of rotatable bonds is 3. The van der Waals surface area contributed by atoms with E-state index in [2.05, 4.69) is 4.98 Å². The second-order valence-corrected chi connectivity index (χ2v) is 4.55. The Morgan fingerprint density at radius 3 is 2.65 bits per heavy atom. The summed E-state index contributed by atoms with van der Waals surface area (Å²) in [6.07, 6.45) is 8.46. The highest BCUT2D eigenvalue weighted by Crippen LogP contribution is 2.24. The monoisotopic (exact) mass is 238 g/mol. The van der Waals surface area contributed by atoms with E-state index in [1.807, 2.05) is 0 Å². The van der Waals surface area contributed by atoms with Crippen molar-refractivity contribution in [3.05, 3.63) is 23.6 Å². The number of nitrogens with two attached hydrogens (primary N) is 1. The van der Waals surface area contributed by atoms with Gasteiger partial charge in [-0.1, -0.05) is 12.8 Å². The first-order valence-corrected chi connectivity index (χ1v) is 6.30. The number of ether oxygens (including phenoxy) is 1. The van der Waals surface area contributed by atoms with Gasteiger partial charge in [-0.2, -0.15) is 0 Å². The van der Waals surface area contributed by atoms with Gasteiger partial charge in [-0.25, -0.2) is 9.37 Å². The van der Waals surface area contributed by atoms with Gasteiger partial charge < -0.3 is 10.5 Å². The second kappa shape index (κ2) is 5.96. The van der Waals surface area contributed by atoms with Gasteiger partial charge in [0.2, 0.25) is 5.88 Å². The summed E-state index contributed by atoms with van der Waals surface area (Å²) in [5, 5.41) is 0. The zero-order chi connectivity index (χ0) is 12.1. The van der Waals surface area contributed by atoms with E-state index in [1.165, 1.54) is 37.9 Å². The molecule has 94 valence electrons. The molecule has 4 heteroatoms. The molecule has 1 saturated carbocycles. The van der Waals surface area contributed by atoms with Gasteiger partial charge in [-0.15, -0.1) is 0 Å². The molecule has 0 amide bonds. The Morgan fingerprint density at radius 1 is 1.29 bits per heavy atom. The lowest BCUT2D eigenvalue weighted by Gasteiger charge is -2.17. The van der Waals surface area contributed by atoms with Crippen LogP contribution in [0.5, 0.6) is 5.88 Å². The van der Waals surface area contributed by atoms with Crippen LogP contribution in [-0.2, 0) is 6.54 Å². The number of aromatic nitrogens is 1. The van der Waals surface area contributed by atoms with Crippen molar-refractivity contribution in [2.45, 2.75) is 51.2 Å². The third-order valence-electron chi connectivity index (χ3n) is 3.19. The Morgan fingerprint density at radius 2 is 2.00 bits per heavy atom. The standard InChI is InChI=1S/C13H19FN2O/c14-11-7-10(8-15)13(16-9-11)17-12-5-3-1-2-4-6-12/h7,9,12H,1-6,8,15H2. The fourth-order valence-electron chi connectivity index (χ4n) is 2.24. The van der Waals surface area contributed by atoms with Gasteiger partial charge >= 0.3 is 0 Å². The van der Waals surface area contributed by atoms with Crippen molar-refractivity contribution in [2.75, 3.05) is 0 Å². The summed E-state index contributed by atoms with van der Waals surface area (Å²) >= 11 is 0. The van der Waals surface area contributed by atoms with Crippen molar-refractivity contribution >= 4 is 0 Å². The molecule has 1 heterocycles. The fraction of sp³-hybridized carbons (Fsp3) is 0.615. The summed E-state index contributed by atoms with van der Waals surface area (Å²) in [7, 11) is 0. The predicted molar refractivity (Wildman–Crippen MR) is 64.2 cm³/mol. The van der Waals surface area contributed by atoms with Crippen molar-refractivity contribution < 1.29 is 9.13 Å². The summed E-state index contributed by atoms with van der Waals surface area (Å²) in [5.41, 5.74) is 6.22. The highest BCUT2D eigenvalue weighted by Gasteiger charge is 2.16. The first kappa shape index (κ1) is 12.3. The average Bonchev–Trinajstić information content (AvgIpc) is 2.60. The molecule has 0 aromatic carbocycles. The van der Waals surface area contributed by atoms with Crippen molar-refractivity contribution in [3.63, 3.8) is 0 Å². The van der Waals surface area contributed by atoms with Crippen LogP contribution in [-0.4, -0.2) is 11.1 Å². The molecular formula is C13H19FN2O. The minimum atomic E-state index is -0.362. The van der Waals surface area contributed by atoms with Gasteiger partial charge in [-0.05, 0) is 31.7 Å². The van der Waals surface area contributed by atoms with Gasteiger partial charge in [0, 0.05) is 12.1 Å². The van der Waals surface area contributed by atoms with Gasteiger partial charge in [0.1, 0.15) is 11.9 Å². The lowest BCUT2D eigenvalue weighted by atomic mass is 10.1. The van der Waals surface area contributed by atoms with Crippen molar-refractivity contribution in [2.24, 2.45) is 5.73 Å². The Labute approximate surface area is 101 Å². The van der Waals surface area contributed by atoms with Crippen LogP contribution in [0.25, 0.3) is 0 Å². The smallest absolute Gasteiger partial charge is 0.218 e. The molecule has 0 spiro atoms. The van der Waals surface area contributed by atoms with Crippen LogP contribution in [0.3, 0.4) is 0 Å². The van der Waals surface area contributed by atoms with Gasteiger partial charge in [0.25, 0.3) is 0 Å². The maximum Gasteiger partial charge on any atom is 0.218 e. The van der Waals surface area contributed by atoms with Crippen LogP contribution < -0.4 is 10.5 Å². The number of hydrogen-bond donors (Lipinski definition) is 1. The summed E-state index contributed by atoms with van der Waals surface area (Å²) < 4.78 is 18.9. The molecule has 1 aromatic rings. The van der Waals surface area contributed by atoms with Crippen LogP contribution >= 0.6 is 0 Å². The normalized spacial score (nSPS) is 17.8. The second-order valence-electron chi connectivity index (χ2n) is 4.55. The van der Waals surface area contributed by atoms with E-state index in [0.717, 1.165) is 12.8 Å². The first-order valence-electron chi connectivity index (χ1n) is 6.30. The average molecular weight is 238 g/mol. The van der Waals surface area contributed by atoms with E-state index in [4.69, 9.17) is 10.5 Å². The Hall–Kier alpha value is -1.16. The van der Waals surface area contributed by atoms with Crippen molar-refractivity contribution in [1.82, 2.24) is 4.98 Å². The quantitative estimate of drug-likeness (QED) is 0.824. The summed E-state index contributed by atoms with van der Waals surface area (Å²) in [6, 6.07) is 1.40. The molecule has 0 radical (unpaired) electrons. The molecule has 0 atom stereocenters. The van der Waals surface area contributed by atoms with Crippen molar-refractivity contribution in [3.8, 4) is 5.88 Å². The SMILES string of the molecule is NCc1cc(F)cnc1OC1CCCCCC1. The van der Waals surface area contributed by atoms with E-state index < -0.39 is 0 Å². The van der Waals surface area contributed by atoms with Crippen molar-refractivity contribution in [1.29, 1.82) is 0 Å². The molecule has 0 bridgehead atoms. The highest BCUT2D eigenvalue weighted by molar-refractivity contribution is 5.26.